The molecule has 0 aromatic heterocycles. The van der Waals surface area contributed by atoms with Gasteiger partial charge in [-0.05, 0) is 63.9 Å². The first kappa shape index (κ1) is 22.2. The number of sulfonamides is 1. The Morgan fingerprint density at radius 2 is 1.83 bits per heavy atom. The number of ether oxygens (including phenoxy) is 1. The van der Waals surface area contributed by atoms with Gasteiger partial charge in [0.15, 0.2) is 0 Å². The minimum absolute atomic E-state index is 0.266. The number of amides is 1. The quantitative estimate of drug-likeness (QED) is 0.781. The molecular weight excluding hydrogens is 400 g/mol. The largest absolute Gasteiger partial charge is 0.487 e. The summed E-state index contributed by atoms with van der Waals surface area (Å²) in [4.78, 5) is 13.2. The predicted molar refractivity (Wildman–Crippen MR) is 119 cm³/mol. The van der Waals surface area contributed by atoms with E-state index in [-0.39, 0.29) is 11.9 Å². The van der Waals surface area contributed by atoms with Crippen molar-refractivity contribution in [1.82, 2.24) is 5.32 Å². The summed E-state index contributed by atoms with van der Waals surface area (Å²) in [6.45, 7) is 9.45. The van der Waals surface area contributed by atoms with Gasteiger partial charge in [0.05, 0.1) is 18.0 Å². The van der Waals surface area contributed by atoms with Gasteiger partial charge in [0.2, 0.25) is 15.9 Å². The van der Waals surface area contributed by atoms with Crippen molar-refractivity contribution in [1.29, 1.82) is 0 Å². The molecule has 30 heavy (non-hydrogen) atoms. The van der Waals surface area contributed by atoms with Crippen LogP contribution in [0.25, 0.3) is 0 Å². The minimum atomic E-state index is -3.66. The van der Waals surface area contributed by atoms with Crippen LogP contribution in [0.2, 0.25) is 0 Å². The van der Waals surface area contributed by atoms with Gasteiger partial charge in [0, 0.05) is 12.0 Å². The highest BCUT2D eigenvalue weighted by Gasteiger charge is 2.37. The van der Waals surface area contributed by atoms with Crippen LogP contribution in [-0.2, 0) is 14.8 Å². The van der Waals surface area contributed by atoms with E-state index in [4.69, 9.17) is 4.74 Å². The maximum Gasteiger partial charge on any atom is 0.244 e. The van der Waals surface area contributed by atoms with Crippen LogP contribution in [-0.4, -0.2) is 32.2 Å². The molecule has 1 aliphatic rings. The highest BCUT2D eigenvalue weighted by atomic mass is 32.2. The number of fused-ring (bicyclic) bond motifs is 1. The minimum Gasteiger partial charge on any atom is -0.487 e. The second kappa shape index (κ2) is 7.95. The molecule has 3 rings (SSSR count). The van der Waals surface area contributed by atoms with Crippen LogP contribution in [0.5, 0.6) is 5.75 Å². The topological polar surface area (TPSA) is 75.7 Å². The highest BCUT2D eigenvalue weighted by Crippen LogP contribution is 2.40. The molecule has 1 N–H and O–H groups in total. The third kappa shape index (κ3) is 4.78. The first-order valence-electron chi connectivity index (χ1n) is 10.0. The van der Waals surface area contributed by atoms with Crippen molar-refractivity contribution in [2.75, 3.05) is 10.6 Å². The van der Waals surface area contributed by atoms with Crippen LogP contribution in [0.4, 0.5) is 5.69 Å². The van der Waals surface area contributed by atoms with Gasteiger partial charge in [-0.3, -0.25) is 9.10 Å². The monoisotopic (exact) mass is 430 g/mol. The van der Waals surface area contributed by atoms with Gasteiger partial charge in [0.25, 0.3) is 0 Å². The van der Waals surface area contributed by atoms with Gasteiger partial charge in [-0.15, -0.1) is 0 Å². The number of benzene rings is 2. The summed E-state index contributed by atoms with van der Waals surface area (Å²) in [5.41, 5.74) is 2.93. The molecule has 162 valence electrons. The van der Waals surface area contributed by atoms with Crippen LogP contribution < -0.4 is 14.4 Å². The standard InChI is InChI=1S/C23H30N2O4S/c1-15-8-7-9-18(12-15)25(30(6,27)28)17(3)22(26)24-20-14-23(4,5)29-21-13-16(2)10-11-19(20)21/h7-13,17,20H,14H2,1-6H3,(H,24,26)/t17-,20+/m0/s1. The van der Waals surface area contributed by atoms with Crippen molar-refractivity contribution in [3.63, 3.8) is 0 Å². The second-order valence-corrected chi connectivity index (χ2v) is 10.6. The van der Waals surface area contributed by atoms with Gasteiger partial charge >= 0.3 is 0 Å². The summed E-state index contributed by atoms with van der Waals surface area (Å²) < 4.78 is 32.4. The van der Waals surface area contributed by atoms with Crippen molar-refractivity contribution >= 4 is 21.6 Å². The fourth-order valence-electron chi connectivity index (χ4n) is 3.95. The summed E-state index contributed by atoms with van der Waals surface area (Å²) in [5, 5.41) is 3.06. The number of aryl methyl sites for hydroxylation is 2. The molecule has 0 fully saturated rings. The summed E-state index contributed by atoms with van der Waals surface area (Å²) in [6.07, 6.45) is 1.71. The lowest BCUT2D eigenvalue weighted by molar-refractivity contribution is -0.123. The van der Waals surface area contributed by atoms with E-state index in [0.29, 0.717) is 12.1 Å². The number of carbonyl (C=O) groups is 1. The molecule has 2 aromatic carbocycles. The van der Waals surface area contributed by atoms with Gasteiger partial charge < -0.3 is 10.1 Å². The average molecular weight is 431 g/mol. The molecule has 0 bridgehead atoms. The number of rotatable bonds is 5. The maximum absolute atomic E-state index is 13.2. The summed E-state index contributed by atoms with van der Waals surface area (Å²) in [6, 6.07) is 11.9. The van der Waals surface area contributed by atoms with E-state index in [9.17, 15) is 13.2 Å². The SMILES string of the molecule is Cc1cccc(N([C@@H](C)C(=O)N[C@@H]2CC(C)(C)Oc3cc(C)ccc32)S(C)(=O)=O)c1. The molecule has 0 spiro atoms. The third-order valence-corrected chi connectivity index (χ3v) is 6.53. The lowest BCUT2D eigenvalue weighted by Gasteiger charge is -2.39. The normalized spacial score (nSPS) is 18.7. The zero-order valence-electron chi connectivity index (χ0n) is 18.4. The first-order valence-corrected chi connectivity index (χ1v) is 11.9. The number of carbonyl (C=O) groups excluding carboxylic acids is 1. The lowest BCUT2D eigenvalue weighted by Crippen LogP contribution is -2.50. The average Bonchev–Trinajstić information content (AvgIpc) is 2.59. The van der Waals surface area contributed by atoms with E-state index in [1.807, 2.05) is 52.0 Å². The van der Waals surface area contributed by atoms with Crippen molar-refractivity contribution < 1.29 is 17.9 Å². The fraction of sp³-hybridized carbons (Fsp3) is 0.435. The van der Waals surface area contributed by atoms with Crippen molar-refractivity contribution in [3.8, 4) is 5.75 Å². The molecule has 0 saturated heterocycles. The van der Waals surface area contributed by atoms with Crippen LogP contribution in [0.15, 0.2) is 42.5 Å². The van der Waals surface area contributed by atoms with E-state index in [0.717, 1.165) is 28.7 Å². The lowest BCUT2D eigenvalue weighted by atomic mass is 9.89. The molecule has 2 aromatic rings. The fourth-order valence-corrected chi connectivity index (χ4v) is 5.12. The molecule has 1 aliphatic heterocycles. The molecule has 1 amide bonds. The zero-order valence-corrected chi connectivity index (χ0v) is 19.2. The van der Waals surface area contributed by atoms with E-state index in [2.05, 4.69) is 5.32 Å². The number of nitrogens with zero attached hydrogens (tertiary/aromatic N) is 1. The third-order valence-electron chi connectivity index (χ3n) is 5.29. The Balaban J connectivity index is 1.91. The maximum atomic E-state index is 13.2. The molecule has 0 aliphatic carbocycles. The number of hydrogen-bond acceptors (Lipinski definition) is 4. The van der Waals surface area contributed by atoms with Crippen LogP contribution >= 0.6 is 0 Å². The molecule has 0 saturated carbocycles. The van der Waals surface area contributed by atoms with Crippen molar-refractivity contribution in [2.24, 2.45) is 0 Å². The Labute approximate surface area is 179 Å². The molecule has 0 unspecified atom stereocenters. The second-order valence-electron chi connectivity index (χ2n) is 8.74. The van der Waals surface area contributed by atoms with Crippen LogP contribution in [0.3, 0.4) is 0 Å². The van der Waals surface area contributed by atoms with Gasteiger partial charge in [0.1, 0.15) is 17.4 Å². The molecule has 0 radical (unpaired) electrons. The first-order chi connectivity index (χ1) is 13.9. The number of nitrogens with one attached hydrogen (secondary N) is 1. The Kier molecular flexibility index (Phi) is 5.87. The molecule has 1 heterocycles. The van der Waals surface area contributed by atoms with E-state index in [1.54, 1.807) is 25.1 Å². The van der Waals surface area contributed by atoms with Gasteiger partial charge in [-0.2, -0.15) is 0 Å². The smallest absolute Gasteiger partial charge is 0.244 e. The van der Waals surface area contributed by atoms with Crippen LogP contribution in [0, 0.1) is 13.8 Å². The molecule has 6 nitrogen and oxygen atoms in total. The summed E-state index contributed by atoms with van der Waals surface area (Å²) in [7, 11) is -3.66. The van der Waals surface area contributed by atoms with Gasteiger partial charge in [-0.1, -0.05) is 24.3 Å². The van der Waals surface area contributed by atoms with E-state index in [1.165, 1.54) is 4.31 Å². The predicted octanol–water partition coefficient (Wildman–Crippen LogP) is 3.88. The van der Waals surface area contributed by atoms with Crippen LogP contribution in [0.1, 0.15) is 49.9 Å². The zero-order chi connectivity index (χ0) is 22.3. The van der Waals surface area contributed by atoms with E-state index < -0.39 is 21.7 Å². The van der Waals surface area contributed by atoms with Crippen molar-refractivity contribution in [3.05, 3.63) is 59.2 Å². The number of anilines is 1. The molecule has 7 heteroatoms. The molecular formula is C23H30N2O4S. The van der Waals surface area contributed by atoms with Crippen molar-refractivity contribution in [2.45, 2.75) is 58.7 Å². The molecule has 2 atom stereocenters. The Hall–Kier alpha value is -2.54. The highest BCUT2D eigenvalue weighted by molar-refractivity contribution is 7.92. The van der Waals surface area contributed by atoms with E-state index >= 15 is 0 Å². The Morgan fingerprint density at radius 1 is 1.17 bits per heavy atom. The Bertz CT molecular complexity index is 1060. The summed E-state index contributed by atoms with van der Waals surface area (Å²) in [5.74, 6) is 0.402. The summed E-state index contributed by atoms with van der Waals surface area (Å²) >= 11 is 0. The van der Waals surface area contributed by atoms with Gasteiger partial charge in [-0.25, -0.2) is 8.42 Å². The number of hydrogen-bond donors (Lipinski definition) is 1. The Morgan fingerprint density at radius 3 is 2.47 bits per heavy atom.